The Bertz CT molecular complexity index is 763. The van der Waals surface area contributed by atoms with E-state index in [9.17, 15) is 18.4 Å². The van der Waals surface area contributed by atoms with E-state index in [0.717, 1.165) is 28.7 Å². The average molecular weight is 348 g/mol. The molecule has 0 aromatic heterocycles. The molecular formula is C18H20F2N3O2+. The number of carbonyl (C=O) groups excluding carboxylic acids is 2. The normalized spacial score (nSPS) is 11.7. The molecule has 2 aromatic carbocycles. The number of hydrogen-bond donors (Lipinski definition) is 3. The average Bonchev–Trinajstić information content (AvgIpc) is 2.58. The van der Waals surface area contributed by atoms with Gasteiger partial charge in [0.05, 0.1) is 12.7 Å². The molecule has 0 saturated heterocycles. The van der Waals surface area contributed by atoms with Crippen LogP contribution in [0.5, 0.6) is 0 Å². The zero-order chi connectivity index (χ0) is 18.4. The van der Waals surface area contributed by atoms with E-state index in [2.05, 4.69) is 10.6 Å². The van der Waals surface area contributed by atoms with Crippen LogP contribution in [0.15, 0.2) is 42.5 Å². The number of anilines is 1. The van der Waals surface area contributed by atoms with Gasteiger partial charge in [0.15, 0.2) is 6.54 Å². The molecule has 2 rings (SSSR count). The Labute approximate surface area is 144 Å². The summed E-state index contributed by atoms with van der Waals surface area (Å²) in [7, 11) is 3.38. The van der Waals surface area contributed by atoms with Gasteiger partial charge in [0.1, 0.15) is 18.2 Å². The smallest absolute Gasteiger partial charge is 0.279 e. The van der Waals surface area contributed by atoms with Crippen molar-refractivity contribution in [2.24, 2.45) is 0 Å². The number of hydrogen-bond acceptors (Lipinski definition) is 2. The lowest BCUT2D eigenvalue weighted by Gasteiger charge is -2.14. The molecule has 0 aliphatic rings. The van der Waals surface area contributed by atoms with Crippen molar-refractivity contribution >= 4 is 17.5 Å². The lowest BCUT2D eigenvalue weighted by atomic mass is 10.1. The fourth-order valence-corrected chi connectivity index (χ4v) is 2.39. The lowest BCUT2D eigenvalue weighted by molar-refractivity contribution is -0.885. The van der Waals surface area contributed by atoms with E-state index < -0.39 is 17.5 Å². The minimum Gasteiger partial charge on any atom is -0.355 e. The molecule has 1 unspecified atom stereocenters. The van der Waals surface area contributed by atoms with Crippen molar-refractivity contribution in [1.29, 1.82) is 0 Å². The molecule has 132 valence electrons. The van der Waals surface area contributed by atoms with Crippen molar-refractivity contribution in [1.82, 2.24) is 5.32 Å². The molecule has 25 heavy (non-hydrogen) atoms. The topological polar surface area (TPSA) is 62.6 Å². The third-order valence-electron chi connectivity index (χ3n) is 3.61. The van der Waals surface area contributed by atoms with E-state index in [4.69, 9.17) is 0 Å². The highest BCUT2D eigenvalue weighted by atomic mass is 19.1. The highest BCUT2D eigenvalue weighted by Crippen LogP contribution is 2.14. The summed E-state index contributed by atoms with van der Waals surface area (Å²) in [5, 5.41) is 4.92. The number of quaternary nitrogens is 1. The van der Waals surface area contributed by atoms with Gasteiger partial charge in [0.25, 0.3) is 11.8 Å². The van der Waals surface area contributed by atoms with E-state index in [0.29, 0.717) is 12.1 Å². The van der Waals surface area contributed by atoms with E-state index in [-0.39, 0.29) is 18.1 Å². The van der Waals surface area contributed by atoms with Crippen LogP contribution in [0.4, 0.5) is 14.5 Å². The molecule has 0 aliphatic carbocycles. The number of benzene rings is 2. The van der Waals surface area contributed by atoms with Crippen LogP contribution >= 0.6 is 0 Å². The fourth-order valence-electron chi connectivity index (χ4n) is 2.39. The zero-order valence-corrected chi connectivity index (χ0v) is 14.0. The highest BCUT2D eigenvalue weighted by molar-refractivity contribution is 5.94. The maximum Gasteiger partial charge on any atom is 0.279 e. The Morgan fingerprint density at radius 2 is 1.76 bits per heavy atom. The third-order valence-corrected chi connectivity index (χ3v) is 3.61. The summed E-state index contributed by atoms with van der Waals surface area (Å²) in [6, 6.07) is 9.96. The van der Waals surface area contributed by atoms with Gasteiger partial charge in [-0.15, -0.1) is 0 Å². The molecular weight excluding hydrogens is 328 g/mol. The monoisotopic (exact) mass is 348 g/mol. The van der Waals surface area contributed by atoms with Crippen molar-refractivity contribution in [3.8, 4) is 0 Å². The summed E-state index contributed by atoms with van der Waals surface area (Å²) >= 11 is 0. The fraction of sp³-hybridized carbons (Fsp3) is 0.222. The highest BCUT2D eigenvalue weighted by Gasteiger charge is 2.14. The molecule has 0 fully saturated rings. The van der Waals surface area contributed by atoms with Gasteiger partial charge in [-0.3, -0.25) is 9.59 Å². The van der Waals surface area contributed by atoms with Crippen LogP contribution in [0.3, 0.4) is 0 Å². The predicted octanol–water partition coefficient (Wildman–Crippen LogP) is 0.978. The van der Waals surface area contributed by atoms with Crippen molar-refractivity contribution < 1.29 is 23.3 Å². The minimum absolute atomic E-state index is 0.0904. The van der Waals surface area contributed by atoms with Gasteiger partial charge < -0.3 is 15.5 Å². The summed E-state index contributed by atoms with van der Waals surface area (Å²) in [5.74, 6) is -1.88. The summed E-state index contributed by atoms with van der Waals surface area (Å²) in [6.45, 7) is 0.639. The molecule has 2 aromatic rings. The Kier molecular flexibility index (Phi) is 6.19. The second-order valence-corrected chi connectivity index (χ2v) is 5.76. The van der Waals surface area contributed by atoms with Crippen LogP contribution in [0.25, 0.3) is 0 Å². The number of carbonyl (C=O) groups is 2. The maximum atomic E-state index is 13.5. The summed E-state index contributed by atoms with van der Waals surface area (Å²) in [5.41, 5.74) is 1.34. The molecule has 5 nitrogen and oxygen atoms in total. The Morgan fingerprint density at radius 1 is 1.08 bits per heavy atom. The lowest BCUT2D eigenvalue weighted by Crippen LogP contribution is -3.08. The van der Waals surface area contributed by atoms with Crippen LogP contribution in [-0.2, 0) is 11.3 Å². The second-order valence-electron chi connectivity index (χ2n) is 5.76. The van der Waals surface area contributed by atoms with E-state index in [1.807, 2.05) is 19.2 Å². The minimum atomic E-state index is -0.683. The predicted molar refractivity (Wildman–Crippen MR) is 90.3 cm³/mol. The standard InChI is InChI=1S/C18H19F2N3O2/c1-21-18(25)13-5-3-12(4-6-13)10-23(2)11-17(24)22-16-9-14(19)7-8-15(16)20/h3-9H,10-11H2,1-2H3,(H,21,25)(H,22,24)/p+1. The molecule has 0 aliphatic heterocycles. The van der Waals surface area contributed by atoms with Gasteiger partial charge in [-0.1, -0.05) is 12.1 Å². The number of nitrogens with one attached hydrogen (secondary N) is 3. The van der Waals surface area contributed by atoms with Crippen molar-refractivity contribution in [3.63, 3.8) is 0 Å². The van der Waals surface area contributed by atoms with Gasteiger partial charge in [-0.05, 0) is 24.3 Å². The Balaban J connectivity index is 1.91. The largest absolute Gasteiger partial charge is 0.355 e. The quantitative estimate of drug-likeness (QED) is 0.729. The first kappa shape index (κ1) is 18.5. The van der Waals surface area contributed by atoms with Gasteiger partial charge in [-0.25, -0.2) is 8.78 Å². The second kappa shape index (κ2) is 8.34. The number of amides is 2. The molecule has 0 saturated carbocycles. The molecule has 2 amide bonds. The van der Waals surface area contributed by atoms with E-state index >= 15 is 0 Å². The van der Waals surface area contributed by atoms with Gasteiger partial charge in [0, 0.05) is 24.2 Å². The molecule has 1 atom stereocenters. The van der Waals surface area contributed by atoms with Crippen LogP contribution in [-0.4, -0.2) is 32.5 Å². The number of likely N-dealkylation sites (N-methyl/N-ethyl adjacent to an activating group) is 1. The summed E-state index contributed by atoms with van der Waals surface area (Å²) in [4.78, 5) is 24.3. The SMILES string of the molecule is CNC(=O)c1ccc(C[NH+](C)CC(=O)Nc2cc(F)ccc2F)cc1. The molecule has 0 spiro atoms. The van der Waals surface area contributed by atoms with Gasteiger partial charge in [-0.2, -0.15) is 0 Å². The zero-order valence-electron chi connectivity index (χ0n) is 14.0. The van der Waals surface area contributed by atoms with E-state index in [1.54, 1.807) is 19.2 Å². The van der Waals surface area contributed by atoms with Crippen LogP contribution < -0.4 is 15.5 Å². The molecule has 0 heterocycles. The first-order chi connectivity index (χ1) is 11.9. The molecule has 0 bridgehead atoms. The molecule has 7 heteroatoms. The molecule has 3 N–H and O–H groups in total. The van der Waals surface area contributed by atoms with Crippen LogP contribution in [0.1, 0.15) is 15.9 Å². The Hall–Kier alpha value is -2.80. The number of rotatable bonds is 6. The maximum absolute atomic E-state index is 13.5. The summed E-state index contributed by atoms with van der Waals surface area (Å²) in [6.07, 6.45) is 0. The molecule has 0 radical (unpaired) electrons. The van der Waals surface area contributed by atoms with Crippen molar-refractivity contribution in [2.75, 3.05) is 26.0 Å². The van der Waals surface area contributed by atoms with Crippen LogP contribution in [0.2, 0.25) is 0 Å². The summed E-state index contributed by atoms with van der Waals surface area (Å²) < 4.78 is 26.6. The van der Waals surface area contributed by atoms with Gasteiger partial charge in [0.2, 0.25) is 0 Å². The third kappa shape index (κ3) is 5.36. The number of halogens is 2. The Morgan fingerprint density at radius 3 is 2.40 bits per heavy atom. The van der Waals surface area contributed by atoms with Crippen LogP contribution in [0, 0.1) is 11.6 Å². The van der Waals surface area contributed by atoms with E-state index in [1.165, 1.54) is 0 Å². The first-order valence-corrected chi connectivity index (χ1v) is 7.76. The van der Waals surface area contributed by atoms with Crippen molar-refractivity contribution in [3.05, 3.63) is 65.2 Å². The van der Waals surface area contributed by atoms with Gasteiger partial charge >= 0.3 is 0 Å². The first-order valence-electron chi connectivity index (χ1n) is 7.76. The van der Waals surface area contributed by atoms with Crippen molar-refractivity contribution in [2.45, 2.75) is 6.54 Å².